The Morgan fingerprint density at radius 1 is 1.10 bits per heavy atom. The molecule has 1 heterocycles. The van der Waals surface area contributed by atoms with E-state index in [1.165, 1.54) is 14.7 Å². The van der Waals surface area contributed by atoms with Crippen LogP contribution in [0.15, 0.2) is 46.2 Å². The molecule has 1 aromatic heterocycles. The zero-order chi connectivity index (χ0) is 14.7. The fourth-order valence-corrected chi connectivity index (χ4v) is 2.09. The number of nitrogens with one attached hydrogen (secondary N) is 1. The Morgan fingerprint density at radius 2 is 1.75 bits per heavy atom. The molecule has 0 spiro atoms. The van der Waals surface area contributed by atoms with Crippen LogP contribution in [0.5, 0.6) is 0 Å². The fraction of sp³-hybridized carbons (Fsp3) is 0.333. The van der Waals surface area contributed by atoms with Gasteiger partial charge in [0.15, 0.2) is 0 Å². The molecule has 0 aliphatic rings. The van der Waals surface area contributed by atoms with Crippen molar-refractivity contribution in [2.75, 3.05) is 7.05 Å². The number of hydrogen-bond donors (Lipinski definition) is 1. The predicted molar refractivity (Wildman–Crippen MR) is 78.9 cm³/mol. The van der Waals surface area contributed by atoms with Crippen LogP contribution < -0.4 is 16.4 Å². The summed E-state index contributed by atoms with van der Waals surface area (Å²) in [6, 6.07) is 8.12. The van der Waals surface area contributed by atoms with E-state index in [0.717, 1.165) is 5.56 Å². The summed E-state index contributed by atoms with van der Waals surface area (Å²) in [5, 5.41) is 3.18. The molecule has 5 nitrogen and oxygen atoms in total. The molecule has 0 radical (unpaired) electrons. The van der Waals surface area contributed by atoms with Crippen LogP contribution in [-0.2, 0) is 13.6 Å². The minimum absolute atomic E-state index is 0.0135. The first-order valence-corrected chi connectivity index (χ1v) is 6.53. The minimum Gasteiger partial charge on any atom is -0.312 e. The third kappa shape index (κ3) is 2.88. The van der Waals surface area contributed by atoms with E-state index in [0.29, 0.717) is 6.54 Å². The first-order valence-electron chi connectivity index (χ1n) is 6.53. The average molecular weight is 273 g/mol. The second-order valence-electron chi connectivity index (χ2n) is 4.92. The number of benzene rings is 1. The lowest BCUT2D eigenvalue weighted by Gasteiger charge is -2.18. The second-order valence-corrected chi connectivity index (χ2v) is 4.92. The number of aryl methyl sites for hydroxylation is 2. The van der Waals surface area contributed by atoms with Gasteiger partial charge in [-0.1, -0.05) is 29.8 Å². The van der Waals surface area contributed by atoms with E-state index in [-0.39, 0.29) is 6.04 Å². The molecule has 0 bridgehead atoms. The molecule has 0 saturated heterocycles. The summed E-state index contributed by atoms with van der Waals surface area (Å²) in [6.07, 6.45) is 3.24. The van der Waals surface area contributed by atoms with Crippen molar-refractivity contribution in [2.45, 2.75) is 19.5 Å². The van der Waals surface area contributed by atoms with Crippen molar-refractivity contribution in [1.82, 2.24) is 14.5 Å². The SMILES string of the molecule is CNC(Cn1ccn(C)c(=O)c1=O)c1ccc(C)cc1. The summed E-state index contributed by atoms with van der Waals surface area (Å²) in [7, 11) is 3.42. The van der Waals surface area contributed by atoms with E-state index in [4.69, 9.17) is 0 Å². The first kappa shape index (κ1) is 14.3. The van der Waals surface area contributed by atoms with Crippen molar-refractivity contribution in [3.05, 3.63) is 68.5 Å². The molecule has 0 aliphatic carbocycles. The molecule has 1 aromatic carbocycles. The Balaban J connectivity index is 2.32. The van der Waals surface area contributed by atoms with E-state index in [1.807, 2.05) is 38.2 Å². The number of hydrogen-bond acceptors (Lipinski definition) is 3. The van der Waals surface area contributed by atoms with Gasteiger partial charge in [0.25, 0.3) is 0 Å². The maximum atomic E-state index is 11.9. The molecule has 106 valence electrons. The quantitative estimate of drug-likeness (QED) is 0.839. The van der Waals surface area contributed by atoms with E-state index in [9.17, 15) is 9.59 Å². The van der Waals surface area contributed by atoms with E-state index < -0.39 is 11.1 Å². The van der Waals surface area contributed by atoms with Gasteiger partial charge in [-0.2, -0.15) is 0 Å². The van der Waals surface area contributed by atoms with Crippen molar-refractivity contribution >= 4 is 0 Å². The van der Waals surface area contributed by atoms with Crippen LogP contribution in [0.4, 0.5) is 0 Å². The van der Waals surface area contributed by atoms with Gasteiger partial charge in [-0.3, -0.25) is 9.59 Å². The number of likely N-dealkylation sites (N-methyl/N-ethyl adjacent to an activating group) is 1. The van der Waals surface area contributed by atoms with E-state index in [2.05, 4.69) is 5.32 Å². The lowest BCUT2D eigenvalue weighted by molar-refractivity contribution is 0.484. The van der Waals surface area contributed by atoms with E-state index >= 15 is 0 Å². The van der Waals surface area contributed by atoms with Crippen LogP contribution >= 0.6 is 0 Å². The third-order valence-electron chi connectivity index (χ3n) is 3.44. The molecule has 0 saturated carbocycles. The highest BCUT2D eigenvalue weighted by molar-refractivity contribution is 5.24. The molecule has 0 aliphatic heterocycles. The Kier molecular flexibility index (Phi) is 4.20. The smallest absolute Gasteiger partial charge is 0.312 e. The van der Waals surface area contributed by atoms with Crippen molar-refractivity contribution < 1.29 is 0 Å². The molecule has 0 amide bonds. The summed E-state index contributed by atoms with van der Waals surface area (Å²) in [6.45, 7) is 2.46. The zero-order valence-electron chi connectivity index (χ0n) is 12.0. The Labute approximate surface area is 117 Å². The van der Waals surface area contributed by atoms with Crippen LogP contribution in [0.1, 0.15) is 17.2 Å². The lowest BCUT2D eigenvalue weighted by Crippen LogP contribution is -2.41. The van der Waals surface area contributed by atoms with Gasteiger partial charge in [0.05, 0.1) is 6.04 Å². The molecular formula is C15H19N3O2. The number of aromatic nitrogens is 2. The maximum Gasteiger partial charge on any atom is 0.316 e. The van der Waals surface area contributed by atoms with Crippen molar-refractivity contribution in [3.63, 3.8) is 0 Å². The molecular weight excluding hydrogens is 254 g/mol. The molecule has 1 atom stereocenters. The highest BCUT2D eigenvalue weighted by Crippen LogP contribution is 2.14. The molecule has 1 N–H and O–H groups in total. The highest BCUT2D eigenvalue weighted by Gasteiger charge is 2.12. The largest absolute Gasteiger partial charge is 0.316 e. The Hall–Kier alpha value is -2.14. The molecule has 2 rings (SSSR count). The van der Waals surface area contributed by atoms with Gasteiger partial charge in [0.2, 0.25) is 0 Å². The van der Waals surface area contributed by atoms with Gasteiger partial charge >= 0.3 is 11.1 Å². The average Bonchev–Trinajstić information content (AvgIpc) is 2.45. The van der Waals surface area contributed by atoms with E-state index in [1.54, 1.807) is 19.4 Å². The molecule has 20 heavy (non-hydrogen) atoms. The number of nitrogens with zero attached hydrogens (tertiary/aromatic N) is 2. The topological polar surface area (TPSA) is 56.0 Å². The molecule has 2 aromatic rings. The van der Waals surface area contributed by atoms with Crippen LogP contribution in [0.3, 0.4) is 0 Å². The van der Waals surface area contributed by atoms with Gasteiger partial charge in [-0.05, 0) is 19.5 Å². The molecule has 5 heteroatoms. The van der Waals surface area contributed by atoms with Crippen molar-refractivity contribution in [3.8, 4) is 0 Å². The zero-order valence-corrected chi connectivity index (χ0v) is 12.0. The first-order chi connectivity index (χ1) is 9.52. The minimum atomic E-state index is -0.508. The Morgan fingerprint density at radius 3 is 2.35 bits per heavy atom. The molecule has 0 fully saturated rings. The van der Waals surface area contributed by atoms with Gasteiger partial charge in [-0.15, -0.1) is 0 Å². The summed E-state index contributed by atoms with van der Waals surface area (Å²) in [4.78, 5) is 23.6. The summed E-state index contributed by atoms with van der Waals surface area (Å²) in [5.74, 6) is 0. The molecule has 1 unspecified atom stereocenters. The second kappa shape index (κ2) is 5.88. The normalized spacial score (nSPS) is 12.3. The van der Waals surface area contributed by atoms with Crippen LogP contribution in [-0.4, -0.2) is 16.2 Å². The summed E-state index contributed by atoms with van der Waals surface area (Å²) >= 11 is 0. The summed E-state index contributed by atoms with van der Waals surface area (Å²) in [5.41, 5.74) is 1.27. The Bertz CT molecular complexity index is 698. The summed E-state index contributed by atoms with van der Waals surface area (Å²) < 4.78 is 2.74. The fourth-order valence-electron chi connectivity index (χ4n) is 2.09. The van der Waals surface area contributed by atoms with Crippen molar-refractivity contribution in [2.24, 2.45) is 7.05 Å². The highest BCUT2D eigenvalue weighted by atomic mass is 16.2. The van der Waals surface area contributed by atoms with Crippen LogP contribution in [0.25, 0.3) is 0 Å². The standard InChI is InChI=1S/C15H19N3O2/c1-11-4-6-12(7-5-11)13(16-2)10-18-9-8-17(3)14(19)15(18)20/h4-9,13,16H,10H2,1-3H3. The monoisotopic (exact) mass is 273 g/mol. The van der Waals surface area contributed by atoms with Gasteiger partial charge in [0.1, 0.15) is 0 Å². The third-order valence-corrected chi connectivity index (χ3v) is 3.44. The van der Waals surface area contributed by atoms with Gasteiger partial charge < -0.3 is 14.5 Å². The number of rotatable bonds is 4. The van der Waals surface area contributed by atoms with Gasteiger partial charge in [-0.25, -0.2) is 0 Å². The lowest BCUT2D eigenvalue weighted by atomic mass is 10.1. The van der Waals surface area contributed by atoms with Crippen LogP contribution in [0, 0.1) is 6.92 Å². The maximum absolute atomic E-state index is 11.9. The van der Waals surface area contributed by atoms with Gasteiger partial charge in [0, 0.05) is 26.0 Å². The van der Waals surface area contributed by atoms with Crippen LogP contribution in [0.2, 0.25) is 0 Å². The van der Waals surface area contributed by atoms with Crippen molar-refractivity contribution in [1.29, 1.82) is 0 Å². The predicted octanol–water partition coefficient (Wildman–Crippen LogP) is 0.816.